The van der Waals surface area contributed by atoms with Crippen LogP contribution in [0.4, 0.5) is 13.2 Å². The first-order valence-electron chi connectivity index (χ1n) is 6.41. The smallest absolute Gasteiger partial charge is 0.347 e. The van der Waals surface area contributed by atoms with Gasteiger partial charge in [0.1, 0.15) is 0 Å². The first-order chi connectivity index (χ1) is 9.22. The molecule has 0 heterocycles. The van der Waals surface area contributed by atoms with E-state index in [1.54, 1.807) is 0 Å². The molecule has 6 heteroatoms. The molecule has 3 N–H and O–H groups in total. The Morgan fingerprint density at radius 3 is 2.50 bits per heavy atom. The van der Waals surface area contributed by atoms with Gasteiger partial charge < -0.3 is 11.1 Å². The van der Waals surface area contributed by atoms with Gasteiger partial charge in [0, 0.05) is 11.1 Å². The van der Waals surface area contributed by atoms with Crippen LogP contribution in [0.15, 0.2) is 24.3 Å². The van der Waals surface area contributed by atoms with Gasteiger partial charge in [0.25, 0.3) is 5.91 Å². The van der Waals surface area contributed by atoms with Crippen molar-refractivity contribution >= 4 is 5.91 Å². The van der Waals surface area contributed by atoms with Crippen LogP contribution in [0, 0.1) is 0 Å². The highest BCUT2D eigenvalue weighted by molar-refractivity contribution is 5.94. The molecule has 0 aliphatic rings. The molecule has 0 spiro atoms. The second-order valence-electron chi connectivity index (χ2n) is 4.99. The Labute approximate surface area is 116 Å². The summed E-state index contributed by atoms with van der Waals surface area (Å²) in [5, 5.41) is 2.75. The maximum absolute atomic E-state index is 12.6. The second kappa shape index (κ2) is 6.26. The zero-order valence-corrected chi connectivity index (χ0v) is 11.6. The number of benzene rings is 1. The molecule has 20 heavy (non-hydrogen) atoms. The summed E-state index contributed by atoms with van der Waals surface area (Å²) in [4.78, 5) is 12.1. The Balaban J connectivity index is 2.93. The third-order valence-corrected chi connectivity index (χ3v) is 3.34. The van der Waals surface area contributed by atoms with E-state index in [-0.39, 0.29) is 5.56 Å². The average molecular weight is 288 g/mol. The van der Waals surface area contributed by atoms with Crippen molar-refractivity contribution in [2.75, 3.05) is 6.54 Å². The molecule has 0 aromatic heterocycles. The van der Waals surface area contributed by atoms with Crippen LogP contribution >= 0.6 is 0 Å². The molecule has 0 radical (unpaired) electrons. The summed E-state index contributed by atoms with van der Waals surface area (Å²) in [5.74, 6) is -0.520. The molecule has 0 bridgehead atoms. The number of hydrogen-bond acceptors (Lipinski definition) is 2. The molecule has 112 valence electrons. The molecule has 1 aromatic rings. The van der Waals surface area contributed by atoms with Gasteiger partial charge in [-0.2, -0.15) is 13.2 Å². The summed E-state index contributed by atoms with van der Waals surface area (Å²) in [5.41, 5.74) is 4.14. The van der Waals surface area contributed by atoms with Crippen molar-refractivity contribution in [1.82, 2.24) is 5.32 Å². The minimum Gasteiger partial charge on any atom is -0.347 e. The zero-order chi connectivity index (χ0) is 15.4. The molecule has 0 saturated carbocycles. The van der Waals surface area contributed by atoms with Crippen molar-refractivity contribution in [2.24, 2.45) is 5.73 Å². The van der Waals surface area contributed by atoms with E-state index in [2.05, 4.69) is 5.32 Å². The van der Waals surface area contributed by atoms with Crippen LogP contribution in [0.1, 0.15) is 42.6 Å². The Hall–Kier alpha value is -1.56. The van der Waals surface area contributed by atoms with Gasteiger partial charge in [0.15, 0.2) is 0 Å². The number of halogens is 3. The molecule has 0 saturated heterocycles. The highest BCUT2D eigenvalue weighted by Crippen LogP contribution is 2.29. The molecule has 1 unspecified atom stereocenters. The van der Waals surface area contributed by atoms with Crippen LogP contribution in [0.5, 0.6) is 0 Å². The quantitative estimate of drug-likeness (QED) is 0.875. The number of rotatable bonds is 5. The predicted octanol–water partition coefficient (Wildman–Crippen LogP) is 2.95. The van der Waals surface area contributed by atoms with Gasteiger partial charge in [-0.1, -0.05) is 13.0 Å². The minimum absolute atomic E-state index is 0.00322. The number of alkyl halides is 3. The van der Waals surface area contributed by atoms with E-state index in [1.807, 2.05) is 13.8 Å². The molecule has 1 rings (SSSR count). The Morgan fingerprint density at radius 1 is 1.35 bits per heavy atom. The topological polar surface area (TPSA) is 55.1 Å². The van der Waals surface area contributed by atoms with Crippen molar-refractivity contribution in [3.05, 3.63) is 35.4 Å². The summed E-state index contributed by atoms with van der Waals surface area (Å²) in [6.45, 7) is 4.11. The fourth-order valence-corrected chi connectivity index (χ4v) is 1.83. The lowest BCUT2D eigenvalue weighted by Crippen LogP contribution is -2.46. The van der Waals surface area contributed by atoms with E-state index in [9.17, 15) is 18.0 Å². The van der Waals surface area contributed by atoms with Crippen LogP contribution in [-0.2, 0) is 6.18 Å². The lowest BCUT2D eigenvalue weighted by Gasteiger charge is -2.29. The first-order valence-corrected chi connectivity index (χ1v) is 6.41. The van der Waals surface area contributed by atoms with Crippen molar-refractivity contribution in [1.29, 1.82) is 0 Å². The number of amides is 1. The Bertz CT molecular complexity index is 474. The molecule has 0 aliphatic carbocycles. The van der Waals surface area contributed by atoms with Crippen molar-refractivity contribution < 1.29 is 18.0 Å². The number of carbonyl (C=O) groups is 1. The average Bonchev–Trinajstić information content (AvgIpc) is 2.38. The molecular weight excluding hydrogens is 269 g/mol. The summed E-state index contributed by atoms with van der Waals surface area (Å²) in [6.07, 6.45) is -3.25. The summed E-state index contributed by atoms with van der Waals surface area (Å²) in [7, 11) is 0. The number of hydrogen-bond donors (Lipinski definition) is 2. The molecule has 0 aliphatic heterocycles. The summed E-state index contributed by atoms with van der Waals surface area (Å²) >= 11 is 0. The molecule has 1 atom stereocenters. The van der Waals surface area contributed by atoms with Gasteiger partial charge in [-0.15, -0.1) is 0 Å². The van der Waals surface area contributed by atoms with E-state index in [4.69, 9.17) is 5.73 Å². The van der Waals surface area contributed by atoms with Gasteiger partial charge in [-0.25, -0.2) is 0 Å². The van der Waals surface area contributed by atoms with Crippen LogP contribution in [0.2, 0.25) is 0 Å². The Morgan fingerprint density at radius 2 is 2.00 bits per heavy atom. The van der Waals surface area contributed by atoms with Gasteiger partial charge >= 0.3 is 6.18 Å². The number of carbonyl (C=O) groups excluding carboxylic acids is 1. The van der Waals surface area contributed by atoms with Crippen molar-refractivity contribution in [3.63, 3.8) is 0 Å². The summed E-state index contributed by atoms with van der Waals surface area (Å²) < 4.78 is 37.8. The van der Waals surface area contributed by atoms with Gasteiger partial charge in [-0.3, -0.25) is 4.79 Å². The van der Waals surface area contributed by atoms with Gasteiger partial charge in [0.2, 0.25) is 0 Å². The van der Waals surface area contributed by atoms with Crippen LogP contribution < -0.4 is 11.1 Å². The second-order valence-corrected chi connectivity index (χ2v) is 4.99. The monoisotopic (exact) mass is 288 g/mol. The van der Waals surface area contributed by atoms with Gasteiger partial charge in [-0.05, 0) is 44.5 Å². The van der Waals surface area contributed by atoms with E-state index in [1.165, 1.54) is 12.1 Å². The molecule has 1 amide bonds. The highest BCUT2D eigenvalue weighted by atomic mass is 19.4. The third-order valence-electron chi connectivity index (χ3n) is 3.34. The Kier molecular flexibility index (Phi) is 5.16. The van der Waals surface area contributed by atoms with E-state index in [0.29, 0.717) is 19.4 Å². The maximum Gasteiger partial charge on any atom is 0.416 e. The zero-order valence-electron chi connectivity index (χ0n) is 11.6. The van der Waals surface area contributed by atoms with Gasteiger partial charge in [0.05, 0.1) is 5.56 Å². The van der Waals surface area contributed by atoms with Crippen molar-refractivity contribution in [2.45, 2.75) is 38.4 Å². The molecular formula is C14H19F3N2O. The lowest BCUT2D eigenvalue weighted by atomic mass is 9.94. The maximum atomic E-state index is 12.6. The van der Waals surface area contributed by atoms with E-state index in [0.717, 1.165) is 12.1 Å². The standard InChI is InChI=1S/C14H19F3N2O/c1-3-13(2,7-8-18)19-12(20)10-5-4-6-11(9-10)14(15,16)17/h4-6,9H,3,7-8,18H2,1-2H3,(H,19,20). The minimum atomic E-state index is -4.46. The molecule has 1 aromatic carbocycles. The molecule has 0 fully saturated rings. The van der Waals surface area contributed by atoms with E-state index >= 15 is 0 Å². The van der Waals surface area contributed by atoms with Crippen LogP contribution in [-0.4, -0.2) is 18.0 Å². The number of nitrogens with one attached hydrogen (secondary N) is 1. The lowest BCUT2D eigenvalue weighted by molar-refractivity contribution is -0.137. The molecule has 3 nitrogen and oxygen atoms in total. The normalized spacial score (nSPS) is 14.7. The SMILES string of the molecule is CCC(C)(CCN)NC(=O)c1cccc(C(F)(F)F)c1. The summed E-state index contributed by atoms with van der Waals surface area (Å²) in [6, 6.07) is 4.39. The van der Waals surface area contributed by atoms with Crippen LogP contribution in [0.3, 0.4) is 0 Å². The van der Waals surface area contributed by atoms with Crippen LogP contribution in [0.25, 0.3) is 0 Å². The first kappa shape index (κ1) is 16.5. The van der Waals surface area contributed by atoms with Crippen molar-refractivity contribution in [3.8, 4) is 0 Å². The number of nitrogens with two attached hydrogens (primary N) is 1. The predicted molar refractivity (Wildman–Crippen MR) is 71.3 cm³/mol. The fraction of sp³-hybridized carbons (Fsp3) is 0.500. The largest absolute Gasteiger partial charge is 0.416 e. The fourth-order valence-electron chi connectivity index (χ4n) is 1.83. The van der Waals surface area contributed by atoms with E-state index < -0.39 is 23.2 Å². The highest BCUT2D eigenvalue weighted by Gasteiger charge is 2.31. The third kappa shape index (κ3) is 4.23.